The third-order valence-electron chi connectivity index (χ3n) is 5.80. The molecule has 0 unspecified atom stereocenters. The topological polar surface area (TPSA) is 64.7 Å². The SMILES string of the molecule is O=C(c1ccc(Cl)c(NC(=O)N2CC[C@@H]3CNC[C@@H]32)c1)N1CCCCC1. The highest BCUT2D eigenvalue weighted by atomic mass is 35.5. The first-order valence-electron chi connectivity index (χ1n) is 9.50. The molecule has 3 fully saturated rings. The number of carbonyl (C=O) groups is 2. The maximum Gasteiger partial charge on any atom is 0.322 e. The van der Waals surface area contributed by atoms with Crippen LogP contribution in [0, 0.1) is 5.92 Å². The number of nitrogens with zero attached hydrogens (tertiary/aromatic N) is 2. The van der Waals surface area contributed by atoms with Crippen molar-refractivity contribution >= 4 is 29.2 Å². The predicted molar refractivity (Wildman–Crippen MR) is 102 cm³/mol. The van der Waals surface area contributed by atoms with Gasteiger partial charge in [-0.25, -0.2) is 4.79 Å². The van der Waals surface area contributed by atoms with E-state index in [4.69, 9.17) is 11.6 Å². The van der Waals surface area contributed by atoms with Crippen molar-refractivity contribution in [1.82, 2.24) is 15.1 Å². The fourth-order valence-corrected chi connectivity index (χ4v) is 4.49. The molecule has 0 bridgehead atoms. The van der Waals surface area contributed by atoms with E-state index in [0.717, 1.165) is 52.0 Å². The Hall–Kier alpha value is -1.79. The van der Waals surface area contributed by atoms with Gasteiger partial charge in [-0.2, -0.15) is 0 Å². The van der Waals surface area contributed by atoms with Gasteiger partial charge < -0.3 is 20.4 Å². The van der Waals surface area contributed by atoms with Gasteiger partial charge in [-0.15, -0.1) is 0 Å². The highest BCUT2D eigenvalue weighted by Gasteiger charge is 2.40. The number of nitrogens with one attached hydrogen (secondary N) is 2. The lowest BCUT2D eigenvalue weighted by atomic mass is 10.1. The Balaban J connectivity index is 1.47. The second-order valence-electron chi connectivity index (χ2n) is 7.45. The molecule has 3 saturated heterocycles. The van der Waals surface area contributed by atoms with Crippen molar-refractivity contribution in [2.75, 3.05) is 38.0 Å². The molecule has 2 atom stereocenters. The number of fused-ring (bicyclic) bond motifs is 1. The number of halogens is 1. The van der Waals surface area contributed by atoms with Crippen molar-refractivity contribution < 1.29 is 9.59 Å². The first-order valence-corrected chi connectivity index (χ1v) is 9.88. The van der Waals surface area contributed by atoms with E-state index in [1.54, 1.807) is 18.2 Å². The molecule has 26 heavy (non-hydrogen) atoms. The van der Waals surface area contributed by atoms with Crippen molar-refractivity contribution in [3.63, 3.8) is 0 Å². The summed E-state index contributed by atoms with van der Waals surface area (Å²) < 4.78 is 0. The molecule has 0 aliphatic carbocycles. The Morgan fingerprint density at radius 1 is 1.12 bits per heavy atom. The number of urea groups is 1. The zero-order valence-corrected chi connectivity index (χ0v) is 15.6. The summed E-state index contributed by atoms with van der Waals surface area (Å²) in [5.41, 5.74) is 1.09. The van der Waals surface area contributed by atoms with Crippen LogP contribution in [-0.4, -0.2) is 60.5 Å². The number of carbonyl (C=O) groups excluding carboxylic acids is 2. The average molecular weight is 377 g/mol. The molecule has 3 aliphatic heterocycles. The Labute approximate surface area is 158 Å². The lowest BCUT2D eigenvalue weighted by molar-refractivity contribution is 0.0724. The summed E-state index contributed by atoms with van der Waals surface area (Å²) in [5, 5.41) is 6.72. The number of benzene rings is 1. The number of rotatable bonds is 2. The standard InChI is InChI=1S/C19H25ClN4O2/c20-15-5-4-13(18(25)23-7-2-1-3-8-23)10-16(15)22-19(26)24-9-6-14-11-21-12-17(14)24/h4-5,10,14,17,21H,1-3,6-9,11-12H2,(H,22,26)/t14-,17+/m1/s1. The quantitative estimate of drug-likeness (QED) is 0.834. The summed E-state index contributed by atoms with van der Waals surface area (Å²) in [6, 6.07) is 5.26. The van der Waals surface area contributed by atoms with Crippen LogP contribution in [-0.2, 0) is 0 Å². The minimum Gasteiger partial charge on any atom is -0.339 e. The van der Waals surface area contributed by atoms with Gasteiger partial charge in [0, 0.05) is 44.3 Å². The molecule has 140 valence electrons. The van der Waals surface area contributed by atoms with Crippen LogP contribution in [0.2, 0.25) is 5.02 Å². The monoisotopic (exact) mass is 376 g/mol. The van der Waals surface area contributed by atoms with E-state index in [1.165, 1.54) is 6.42 Å². The first-order chi connectivity index (χ1) is 12.6. The van der Waals surface area contributed by atoms with Crippen molar-refractivity contribution in [2.24, 2.45) is 5.92 Å². The number of piperidine rings is 1. The molecular formula is C19H25ClN4O2. The van der Waals surface area contributed by atoms with E-state index in [0.29, 0.717) is 22.2 Å². The van der Waals surface area contributed by atoms with E-state index in [2.05, 4.69) is 10.6 Å². The van der Waals surface area contributed by atoms with Crippen LogP contribution in [0.25, 0.3) is 0 Å². The Bertz CT molecular complexity index is 705. The molecule has 7 heteroatoms. The molecule has 0 spiro atoms. The van der Waals surface area contributed by atoms with Gasteiger partial charge in [-0.1, -0.05) is 11.6 Å². The van der Waals surface area contributed by atoms with Crippen molar-refractivity contribution in [3.8, 4) is 0 Å². The molecule has 0 saturated carbocycles. The molecule has 3 amide bonds. The van der Waals surface area contributed by atoms with E-state index in [9.17, 15) is 9.59 Å². The minimum absolute atomic E-state index is 0.0121. The van der Waals surface area contributed by atoms with Gasteiger partial charge in [0.1, 0.15) is 0 Å². The van der Waals surface area contributed by atoms with Gasteiger partial charge in [0.15, 0.2) is 0 Å². The Kier molecular flexibility index (Phi) is 5.05. The van der Waals surface area contributed by atoms with E-state index in [1.807, 2.05) is 9.80 Å². The van der Waals surface area contributed by atoms with E-state index < -0.39 is 0 Å². The molecule has 2 N–H and O–H groups in total. The van der Waals surface area contributed by atoms with Gasteiger partial charge >= 0.3 is 6.03 Å². The smallest absolute Gasteiger partial charge is 0.322 e. The number of anilines is 1. The highest BCUT2D eigenvalue weighted by molar-refractivity contribution is 6.33. The van der Waals surface area contributed by atoms with Crippen molar-refractivity contribution in [2.45, 2.75) is 31.7 Å². The zero-order chi connectivity index (χ0) is 18.1. The number of amides is 3. The molecule has 1 aromatic carbocycles. The van der Waals surface area contributed by atoms with E-state index in [-0.39, 0.29) is 18.0 Å². The van der Waals surface area contributed by atoms with Crippen LogP contribution < -0.4 is 10.6 Å². The normalized spacial score (nSPS) is 25.3. The predicted octanol–water partition coefficient (Wildman–Crippen LogP) is 2.79. The molecule has 3 aliphatic rings. The number of hydrogen-bond acceptors (Lipinski definition) is 3. The zero-order valence-electron chi connectivity index (χ0n) is 14.8. The molecule has 3 heterocycles. The molecule has 4 rings (SSSR count). The van der Waals surface area contributed by atoms with Gasteiger partial charge in [-0.05, 0) is 49.8 Å². The summed E-state index contributed by atoms with van der Waals surface area (Å²) in [5.74, 6) is 0.557. The minimum atomic E-state index is -0.134. The average Bonchev–Trinajstić information content (AvgIpc) is 3.27. The summed E-state index contributed by atoms with van der Waals surface area (Å²) >= 11 is 6.28. The molecule has 1 aromatic rings. The van der Waals surface area contributed by atoms with Crippen LogP contribution in [0.5, 0.6) is 0 Å². The van der Waals surface area contributed by atoms with Crippen LogP contribution >= 0.6 is 11.6 Å². The fraction of sp³-hybridized carbons (Fsp3) is 0.579. The van der Waals surface area contributed by atoms with Gasteiger partial charge in [0.2, 0.25) is 0 Å². The molecule has 0 radical (unpaired) electrons. The van der Waals surface area contributed by atoms with Crippen molar-refractivity contribution in [3.05, 3.63) is 28.8 Å². The highest BCUT2D eigenvalue weighted by Crippen LogP contribution is 2.29. The Morgan fingerprint density at radius 2 is 1.92 bits per heavy atom. The summed E-state index contributed by atoms with van der Waals surface area (Å²) in [4.78, 5) is 29.2. The van der Waals surface area contributed by atoms with E-state index >= 15 is 0 Å². The summed E-state index contributed by atoms with van der Waals surface area (Å²) in [6.45, 7) is 4.20. The lowest BCUT2D eigenvalue weighted by Crippen LogP contribution is -2.41. The molecule has 0 aromatic heterocycles. The maximum absolute atomic E-state index is 12.7. The van der Waals surface area contributed by atoms with Crippen LogP contribution in [0.1, 0.15) is 36.0 Å². The summed E-state index contributed by atoms with van der Waals surface area (Å²) in [7, 11) is 0. The van der Waals surface area contributed by atoms with Crippen LogP contribution in [0.3, 0.4) is 0 Å². The van der Waals surface area contributed by atoms with Gasteiger partial charge in [0.25, 0.3) is 5.91 Å². The number of hydrogen-bond donors (Lipinski definition) is 2. The largest absolute Gasteiger partial charge is 0.339 e. The first kappa shape index (κ1) is 17.6. The van der Waals surface area contributed by atoms with Gasteiger partial charge in [-0.3, -0.25) is 4.79 Å². The van der Waals surface area contributed by atoms with Crippen LogP contribution in [0.15, 0.2) is 18.2 Å². The third kappa shape index (κ3) is 3.40. The summed E-state index contributed by atoms with van der Waals surface area (Å²) in [6.07, 6.45) is 4.31. The van der Waals surface area contributed by atoms with Crippen molar-refractivity contribution in [1.29, 1.82) is 0 Å². The maximum atomic E-state index is 12.7. The second kappa shape index (κ2) is 7.45. The van der Waals surface area contributed by atoms with Crippen LogP contribution in [0.4, 0.5) is 10.5 Å². The third-order valence-corrected chi connectivity index (χ3v) is 6.13. The number of likely N-dealkylation sites (tertiary alicyclic amines) is 2. The lowest BCUT2D eigenvalue weighted by Gasteiger charge is -2.27. The Morgan fingerprint density at radius 3 is 2.73 bits per heavy atom. The fourth-order valence-electron chi connectivity index (χ4n) is 4.32. The molecular weight excluding hydrogens is 352 g/mol. The van der Waals surface area contributed by atoms with Gasteiger partial charge in [0.05, 0.1) is 10.7 Å². The second-order valence-corrected chi connectivity index (χ2v) is 7.85. The molecule has 6 nitrogen and oxygen atoms in total.